The minimum Gasteiger partial charge on any atom is -0.349 e. The van der Waals surface area contributed by atoms with E-state index >= 15 is 0 Å². The average molecular weight is 366 g/mol. The Morgan fingerprint density at radius 3 is 2.75 bits per heavy atom. The number of H-pyrrole nitrogens is 1. The Labute approximate surface area is 150 Å². The van der Waals surface area contributed by atoms with Gasteiger partial charge in [0.1, 0.15) is 0 Å². The van der Waals surface area contributed by atoms with E-state index in [2.05, 4.69) is 15.3 Å². The molecule has 0 aliphatic heterocycles. The van der Waals surface area contributed by atoms with Gasteiger partial charge in [0, 0.05) is 16.8 Å². The molecule has 2 aromatic rings. The van der Waals surface area contributed by atoms with Crippen molar-refractivity contribution in [2.45, 2.75) is 37.9 Å². The molecule has 0 aliphatic rings. The standard InChI is InChI=1S/C17H20ClN3O2S/c1-3-4-14-9-15(22)21-17(20-14)24-10-16(23)19-11(2)12-5-7-13(18)8-6-12/h5-9,11H,3-4,10H2,1-2H3,(H,19,23)(H,20,21,22)/t11-/m0/s1. The molecule has 0 spiro atoms. The Hall–Kier alpha value is -1.79. The second-order valence-electron chi connectivity index (χ2n) is 5.42. The first-order valence-corrected chi connectivity index (χ1v) is 9.12. The number of carbonyl (C=O) groups is 1. The normalized spacial score (nSPS) is 12.0. The number of hydrogen-bond donors (Lipinski definition) is 2. The number of thioether (sulfide) groups is 1. The quantitative estimate of drug-likeness (QED) is 0.583. The largest absolute Gasteiger partial charge is 0.349 e. The number of nitrogens with zero attached hydrogens (tertiary/aromatic N) is 1. The molecule has 5 nitrogen and oxygen atoms in total. The molecule has 1 aromatic heterocycles. The first kappa shape index (κ1) is 18.5. The Morgan fingerprint density at radius 1 is 1.38 bits per heavy atom. The maximum absolute atomic E-state index is 12.1. The van der Waals surface area contributed by atoms with E-state index in [1.54, 1.807) is 12.1 Å². The van der Waals surface area contributed by atoms with E-state index in [-0.39, 0.29) is 23.3 Å². The molecule has 0 aliphatic carbocycles. The van der Waals surface area contributed by atoms with Crippen LogP contribution in [0.25, 0.3) is 0 Å². The zero-order valence-electron chi connectivity index (χ0n) is 13.6. The summed E-state index contributed by atoms with van der Waals surface area (Å²) in [5, 5.41) is 4.05. The number of halogens is 1. The Morgan fingerprint density at radius 2 is 2.08 bits per heavy atom. The molecule has 0 bridgehead atoms. The zero-order chi connectivity index (χ0) is 17.5. The molecule has 0 saturated carbocycles. The molecule has 128 valence electrons. The van der Waals surface area contributed by atoms with Gasteiger partial charge in [0.25, 0.3) is 5.56 Å². The van der Waals surface area contributed by atoms with Gasteiger partial charge in [-0.25, -0.2) is 4.98 Å². The molecule has 0 saturated heterocycles. The fourth-order valence-electron chi connectivity index (χ4n) is 2.19. The van der Waals surface area contributed by atoms with Crippen LogP contribution >= 0.6 is 23.4 Å². The van der Waals surface area contributed by atoms with Crippen LogP contribution in [-0.2, 0) is 11.2 Å². The molecule has 1 amide bonds. The summed E-state index contributed by atoms with van der Waals surface area (Å²) in [4.78, 5) is 30.7. The number of aryl methyl sites for hydroxylation is 1. The zero-order valence-corrected chi connectivity index (χ0v) is 15.2. The Balaban J connectivity index is 1.91. The highest BCUT2D eigenvalue weighted by Crippen LogP contribution is 2.17. The van der Waals surface area contributed by atoms with Crippen LogP contribution in [0, 0.1) is 0 Å². The van der Waals surface area contributed by atoms with Crippen LogP contribution in [0.3, 0.4) is 0 Å². The van der Waals surface area contributed by atoms with E-state index in [9.17, 15) is 9.59 Å². The van der Waals surface area contributed by atoms with Gasteiger partial charge in [-0.05, 0) is 31.0 Å². The lowest BCUT2D eigenvalue weighted by molar-refractivity contribution is -0.119. The van der Waals surface area contributed by atoms with Crippen LogP contribution in [-0.4, -0.2) is 21.6 Å². The number of aromatic nitrogens is 2. The lowest BCUT2D eigenvalue weighted by Crippen LogP contribution is -2.28. The summed E-state index contributed by atoms with van der Waals surface area (Å²) >= 11 is 7.08. The molecular weight excluding hydrogens is 346 g/mol. The second-order valence-corrected chi connectivity index (χ2v) is 6.82. The predicted octanol–water partition coefficient (Wildman–Crippen LogP) is 3.35. The third kappa shape index (κ3) is 5.69. The Bertz CT molecular complexity index is 746. The number of aromatic amines is 1. The highest BCUT2D eigenvalue weighted by atomic mass is 35.5. The average Bonchev–Trinajstić information content (AvgIpc) is 2.53. The van der Waals surface area contributed by atoms with E-state index < -0.39 is 0 Å². The van der Waals surface area contributed by atoms with E-state index in [4.69, 9.17) is 11.6 Å². The molecule has 0 fully saturated rings. The van der Waals surface area contributed by atoms with Crippen molar-refractivity contribution in [3.05, 3.63) is 57.0 Å². The SMILES string of the molecule is CCCc1cc(=O)[nH]c(SCC(=O)N[C@@H](C)c2ccc(Cl)cc2)n1. The fraction of sp³-hybridized carbons (Fsp3) is 0.353. The minimum absolute atomic E-state index is 0.117. The van der Waals surface area contributed by atoms with Gasteiger partial charge < -0.3 is 10.3 Å². The molecule has 24 heavy (non-hydrogen) atoms. The van der Waals surface area contributed by atoms with Crippen molar-refractivity contribution in [2.24, 2.45) is 0 Å². The lowest BCUT2D eigenvalue weighted by atomic mass is 10.1. The van der Waals surface area contributed by atoms with E-state index in [1.807, 2.05) is 26.0 Å². The van der Waals surface area contributed by atoms with Crippen molar-refractivity contribution >= 4 is 29.3 Å². The number of carbonyl (C=O) groups excluding carboxylic acids is 1. The summed E-state index contributed by atoms with van der Waals surface area (Å²) in [7, 11) is 0. The number of nitrogens with one attached hydrogen (secondary N) is 2. The van der Waals surface area contributed by atoms with Gasteiger partial charge in [0.15, 0.2) is 5.16 Å². The predicted molar refractivity (Wildman–Crippen MR) is 97.6 cm³/mol. The number of hydrogen-bond acceptors (Lipinski definition) is 4. The minimum atomic E-state index is -0.189. The highest BCUT2D eigenvalue weighted by molar-refractivity contribution is 7.99. The monoisotopic (exact) mass is 365 g/mol. The summed E-state index contributed by atoms with van der Waals surface area (Å²) in [5.74, 6) is 0.0715. The van der Waals surface area contributed by atoms with E-state index in [1.165, 1.54) is 17.8 Å². The summed E-state index contributed by atoms with van der Waals surface area (Å²) in [6.07, 6.45) is 1.66. The molecule has 1 aromatic carbocycles. The summed E-state index contributed by atoms with van der Waals surface area (Å²) in [6, 6.07) is 8.73. The molecule has 2 N–H and O–H groups in total. The smallest absolute Gasteiger partial charge is 0.251 e. The van der Waals surface area contributed by atoms with Gasteiger partial charge in [-0.2, -0.15) is 0 Å². The first-order chi connectivity index (χ1) is 11.5. The van der Waals surface area contributed by atoms with E-state index in [0.29, 0.717) is 10.2 Å². The molecule has 0 unspecified atom stereocenters. The lowest BCUT2D eigenvalue weighted by Gasteiger charge is -2.14. The molecule has 2 rings (SSSR count). The maximum atomic E-state index is 12.1. The van der Waals surface area contributed by atoms with Gasteiger partial charge >= 0.3 is 0 Å². The van der Waals surface area contributed by atoms with Crippen LogP contribution in [0.4, 0.5) is 0 Å². The highest BCUT2D eigenvalue weighted by Gasteiger charge is 2.11. The van der Waals surface area contributed by atoms with Gasteiger partial charge in [-0.3, -0.25) is 9.59 Å². The third-order valence-electron chi connectivity index (χ3n) is 3.37. The van der Waals surface area contributed by atoms with Crippen molar-refractivity contribution in [3.8, 4) is 0 Å². The summed E-state index contributed by atoms with van der Waals surface area (Å²) in [6.45, 7) is 3.94. The van der Waals surface area contributed by atoms with Gasteiger partial charge in [0.2, 0.25) is 5.91 Å². The fourth-order valence-corrected chi connectivity index (χ4v) is 3.02. The number of rotatable bonds is 7. The van der Waals surface area contributed by atoms with Gasteiger partial charge in [-0.1, -0.05) is 48.8 Å². The molecule has 7 heteroatoms. The van der Waals surface area contributed by atoms with Crippen LogP contribution in [0.5, 0.6) is 0 Å². The molecule has 1 atom stereocenters. The number of amides is 1. The third-order valence-corrected chi connectivity index (χ3v) is 4.49. The topological polar surface area (TPSA) is 74.8 Å². The van der Waals surface area contributed by atoms with E-state index in [0.717, 1.165) is 24.1 Å². The van der Waals surface area contributed by atoms with Crippen LogP contribution in [0.1, 0.15) is 37.6 Å². The van der Waals surface area contributed by atoms with Gasteiger partial charge in [0.05, 0.1) is 11.8 Å². The first-order valence-electron chi connectivity index (χ1n) is 7.75. The summed E-state index contributed by atoms with van der Waals surface area (Å²) < 4.78 is 0. The molecule has 1 heterocycles. The molecular formula is C17H20ClN3O2S. The van der Waals surface area contributed by atoms with Crippen LogP contribution in [0.15, 0.2) is 40.3 Å². The Kier molecular flexibility index (Phi) is 6.87. The summed E-state index contributed by atoms with van der Waals surface area (Å²) in [5.41, 5.74) is 1.54. The number of benzene rings is 1. The van der Waals surface area contributed by atoms with Gasteiger partial charge in [-0.15, -0.1) is 0 Å². The van der Waals surface area contributed by atoms with Crippen molar-refractivity contribution in [3.63, 3.8) is 0 Å². The van der Waals surface area contributed by atoms with Crippen LogP contribution in [0.2, 0.25) is 5.02 Å². The van der Waals surface area contributed by atoms with Crippen molar-refractivity contribution in [1.29, 1.82) is 0 Å². The van der Waals surface area contributed by atoms with Crippen molar-refractivity contribution in [2.75, 3.05) is 5.75 Å². The molecule has 0 radical (unpaired) electrons. The second kappa shape index (κ2) is 8.89. The van der Waals surface area contributed by atoms with Crippen LogP contribution < -0.4 is 10.9 Å². The maximum Gasteiger partial charge on any atom is 0.251 e. The van der Waals surface area contributed by atoms with Crippen molar-refractivity contribution < 1.29 is 4.79 Å². The van der Waals surface area contributed by atoms with Crippen molar-refractivity contribution in [1.82, 2.24) is 15.3 Å².